The van der Waals surface area contributed by atoms with Crippen molar-refractivity contribution in [3.05, 3.63) is 65.2 Å². The van der Waals surface area contributed by atoms with Crippen molar-refractivity contribution in [2.45, 2.75) is 44.3 Å². The van der Waals surface area contributed by atoms with Crippen LogP contribution in [0.4, 0.5) is 0 Å². The van der Waals surface area contributed by atoms with Crippen LogP contribution in [0.25, 0.3) is 0 Å². The van der Waals surface area contributed by atoms with Gasteiger partial charge < -0.3 is 15.0 Å². The first-order chi connectivity index (χ1) is 15.1. The van der Waals surface area contributed by atoms with Gasteiger partial charge in [-0.25, -0.2) is 10.9 Å². The molecule has 7 nitrogen and oxygen atoms in total. The average molecular weight is 423 g/mol. The van der Waals surface area contributed by atoms with Crippen molar-refractivity contribution in [1.82, 2.24) is 21.1 Å². The van der Waals surface area contributed by atoms with Gasteiger partial charge in [-0.3, -0.25) is 9.59 Å². The second kappa shape index (κ2) is 9.49. The number of nitrogens with one attached hydrogen (secondary N) is 3. The molecular weight excluding hydrogens is 392 g/mol. The average Bonchev–Trinajstić information content (AvgIpc) is 3.29. The molecule has 2 atom stereocenters. The van der Waals surface area contributed by atoms with Crippen molar-refractivity contribution < 1.29 is 14.3 Å². The summed E-state index contributed by atoms with van der Waals surface area (Å²) in [6.45, 7) is 3.38. The summed E-state index contributed by atoms with van der Waals surface area (Å²) in [6.07, 6.45) is 2.22. The third-order valence-electron chi connectivity index (χ3n) is 6.26. The van der Waals surface area contributed by atoms with Gasteiger partial charge in [-0.05, 0) is 49.4 Å². The maximum absolute atomic E-state index is 13.0. The highest BCUT2D eigenvalue weighted by molar-refractivity contribution is 5.97. The largest absolute Gasteiger partial charge is 0.496 e. The van der Waals surface area contributed by atoms with Crippen LogP contribution in [0.5, 0.6) is 5.75 Å². The topological polar surface area (TPSA) is 82.7 Å². The SMILES string of the molecule is COc1ccccc1C(=O)NC1CCN(C(=O)C2CC(c3ccccc3C)NN2)CC1. The molecule has 2 unspecified atom stereocenters. The molecule has 0 aromatic heterocycles. The molecule has 3 N–H and O–H groups in total. The molecule has 2 amide bonds. The zero-order valence-corrected chi connectivity index (χ0v) is 18.1. The Bertz CT molecular complexity index is 940. The van der Waals surface area contributed by atoms with Gasteiger partial charge in [-0.1, -0.05) is 36.4 Å². The van der Waals surface area contributed by atoms with E-state index >= 15 is 0 Å². The van der Waals surface area contributed by atoms with Crippen molar-refractivity contribution >= 4 is 11.8 Å². The monoisotopic (exact) mass is 422 g/mol. The summed E-state index contributed by atoms with van der Waals surface area (Å²) >= 11 is 0. The molecule has 0 bridgehead atoms. The number of ether oxygens (including phenoxy) is 1. The Kier molecular flexibility index (Phi) is 6.53. The predicted octanol–water partition coefficient (Wildman–Crippen LogP) is 2.33. The van der Waals surface area contributed by atoms with E-state index < -0.39 is 0 Å². The number of rotatable bonds is 5. The van der Waals surface area contributed by atoms with Gasteiger partial charge in [0, 0.05) is 25.2 Å². The van der Waals surface area contributed by atoms with Crippen molar-refractivity contribution in [3.8, 4) is 5.75 Å². The molecule has 4 rings (SSSR count). The van der Waals surface area contributed by atoms with E-state index in [9.17, 15) is 9.59 Å². The quantitative estimate of drug-likeness (QED) is 0.689. The molecule has 2 aliphatic rings. The maximum atomic E-state index is 13.0. The number of hydrogen-bond donors (Lipinski definition) is 3. The minimum atomic E-state index is -0.232. The van der Waals surface area contributed by atoms with E-state index in [1.807, 2.05) is 29.2 Å². The third-order valence-corrected chi connectivity index (χ3v) is 6.26. The number of carbonyl (C=O) groups is 2. The first-order valence-corrected chi connectivity index (χ1v) is 10.9. The fourth-order valence-corrected chi connectivity index (χ4v) is 4.46. The number of nitrogens with zero attached hydrogens (tertiary/aromatic N) is 1. The lowest BCUT2D eigenvalue weighted by atomic mass is 9.97. The molecule has 31 heavy (non-hydrogen) atoms. The second-order valence-corrected chi connectivity index (χ2v) is 8.26. The number of aryl methyl sites for hydroxylation is 1. The zero-order chi connectivity index (χ0) is 21.8. The lowest BCUT2D eigenvalue weighted by Gasteiger charge is -2.33. The fourth-order valence-electron chi connectivity index (χ4n) is 4.46. The van der Waals surface area contributed by atoms with Gasteiger partial charge in [0.15, 0.2) is 0 Å². The summed E-state index contributed by atoms with van der Waals surface area (Å²) in [7, 11) is 1.56. The number of hydrazine groups is 1. The highest BCUT2D eigenvalue weighted by atomic mass is 16.5. The van der Waals surface area contributed by atoms with Crippen LogP contribution < -0.4 is 20.9 Å². The minimum absolute atomic E-state index is 0.0517. The zero-order valence-electron chi connectivity index (χ0n) is 18.1. The number of piperidine rings is 1. The lowest BCUT2D eigenvalue weighted by molar-refractivity contribution is -0.134. The van der Waals surface area contributed by atoms with E-state index in [1.54, 1.807) is 19.2 Å². The number of hydrogen-bond acceptors (Lipinski definition) is 5. The van der Waals surface area contributed by atoms with Crippen molar-refractivity contribution in [1.29, 1.82) is 0 Å². The molecule has 2 fully saturated rings. The van der Waals surface area contributed by atoms with Crippen molar-refractivity contribution in [2.24, 2.45) is 0 Å². The van der Waals surface area contributed by atoms with E-state index in [0.717, 1.165) is 19.3 Å². The standard InChI is InChI=1S/C24H30N4O3/c1-16-7-3-4-8-18(16)20-15-21(27-26-20)24(30)28-13-11-17(12-14-28)25-23(29)19-9-5-6-10-22(19)31-2/h3-10,17,20-21,26-27H,11-15H2,1-2H3,(H,25,29). The summed E-state index contributed by atoms with van der Waals surface area (Å²) < 4.78 is 5.28. The molecule has 164 valence electrons. The normalized spacial score (nSPS) is 21.7. The Morgan fingerprint density at radius 2 is 1.74 bits per heavy atom. The minimum Gasteiger partial charge on any atom is -0.496 e. The number of para-hydroxylation sites is 1. The van der Waals surface area contributed by atoms with Crippen LogP contribution in [0.15, 0.2) is 48.5 Å². The smallest absolute Gasteiger partial charge is 0.255 e. The van der Waals surface area contributed by atoms with Crippen molar-refractivity contribution in [2.75, 3.05) is 20.2 Å². The van der Waals surface area contributed by atoms with Gasteiger partial charge in [0.1, 0.15) is 11.8 Å². The van der Waals surface area contributed by atoms with Gasteiger partial charge >= 0.3 is 0 Å². The van der Waals surface area contributed by atoms with Gasteiger partial charge in [0.25, 0.3) is 5.91 Å². The molecule has 2 heterocycles. The number of carbonyl (C=O) groups excluding carboxylic acids is 2. The predicted molar refractivity (Wildman–Crippen MR) is 119 cm³/mol. The maximum Gasteiger partial charge on any atom is 0.255 e. The summed E-state index contributed by atoms with van der Waals surface area (Å²) in [5.74, 6) is 0.554. The van der Waals surface area contributed by atoms with E-state index in [0.29, 0.717) is 24.4 Å². The number of methoxy groups -OCH3 is 1. The molecule has 2 saturated heterocycles. The molecule has 2 aromatic carbocycles. The Morgan fingerprint density at radius 3 is 2.48 bits per heavy atom. The number of benzene rings is 2. The van der Waals surface area contributed by atoms with Gasteiger partial charge in [0.2, 0.25) is 5.91 Å². The fraction of sp³-hybridized carbons (Fsp3) is 0.417. The number of likely N-dealkylation sites (tertiary alicyclic amines) is 1. The summed E-state index contributed by atoms with van der Waals surface area (Å²) in [5, 5.41) is 3.09. The van der Waals surface area contributed by atoms with Crippen LogP contribution in [-0.2, 0) is 4.79 Å². The molecule has 2 aromatic rings. The van der Waals surface area contributed by atoms with Crippen LogP contribution in [-0.4, -0.2) is 49.0 Å². The second-order valence-electron chi connectivity index (χ2n) is 8.26. The number of amides is 2. The first kappa shape index (κ1) is 21.3. The van der Waals surface area contributed by atoms with E-state index in [4.69, 9.17) is 4.74 Å². The summed E-state index contributed by atoms with van der Waals surface area (Å²) in [5.41, 5.74) is 9.45. The van der Waals surface area contributed by atoms with Gasteiger partial charge in [-0.15, -0.1) is 0 Å². The Labute approximate surface area is 183 Å². The Hall–Kier alpha value is -2.90. The van der Waals surface area contributed by atoms with E-state index in [2.05, 4.69) is 35.2 Å². The lowest BCUT2D eigenvalue weighted by Crippen LogP contribution is -2.51. The van der Waals surface area contributed by atoms with Gasteiger partial charge in [-0.2, -0.15) is 0 Å². The summed E-state index contributed by atoms with van der Waals surface area (Å²) in [4.78, 5) is 27.5. The molecule has 0 aliphatic carbocycles. The highest BCUT2D eigenvalue weighted by Gasteiger charge is 2.35. The van der Waals surface area contributed by atoms with Gasteiger partial charge in [0.05, 0.1) is 12.7 Å². The molecule has 0 saturated carbocycles. The van der Waals surface area contributed by atoms with E-state index in [-0.39, 0.29) is 29.9 Å². The third kappa shape index (κ3) is 4.73. The van der Waals surface area contributed by atoms with Crippen LogP contribution in [0.3, 0.4) is 0 Å². The van der Waals surface area contributed by atoms with E-state index in [1.165, 1.54) is 11.1 Å². The van der Waals surface area contributed by atoms with Crippen LogP contribution in [0, 0.1) is 6.92 Å². The van der Waals surface area contributed by atoms with Crippen molar-refractivity contribution in [3.63, 3.8) is 0 Å². The Morgan fingerprint density at radius 1 is 1.03 bits per heavy atom. The molecule has 2 aliphatic heterocycles. The first-order valence-electron chi connectivity index (χ1n) is 10.9. The molecule has 0 radical (unpaired) electrons. The highest BCUT2D eigenvalue weighted by Crippen LogP contribution is 2.26. The Balaban J connectivity index is 1.28. The molecular formula is C24H30N4O3. The van der Waals surface area contributed by atoms with Crippen LogP contribution >= 0.6 is 0 Å². The summed E-state index contributed by atoms with van der Waals surface area (Å²) in [6, 6.07) is 15.4. The molecule has 0 spiro atoms. The van der Waals surface area contributed by atoms with Crippen LogP contribution in [0.1, 0.15) is 46.8 Å². The van der Waals surface area contributed by atoms with Crippen LogP contribution in [0.2, 0.25) is 0 Å². The molecule has 7 heteroatoms.